The Balaban J connectivity index is 1.63. The van der Waals surface area contributed by atoms with Gasteiger partial charge >= 0.3 is 5.97 Å². The van der Waals surface area contributed by atoms with Gasteiger partial charge in [-0.1, -0.05) is 36.0 Å². The molecule has 0 spiro atoms. The van der Waals surface area contributed by atoms with Gasteiger partial charge in [-0.05, 0) is 43.3 Å². The summed E-state index contributed by atoms with van der Waals surface area (Å²) in [6, 6.07) is 14.4. The maximum absolute atomic E-state index is 12.5. The van der Waals surface area contributed by atoms with Crippen molar-refractivity contribution in [2.45, 2.75) is 24.7 Å². The van der Waals surface area contributed by atoms with Crippen molar-refractivity contribution in [3.05, 3.63) is 84.2 Å². The number of thioether (sulfide) groups is 1. The molecule has 0 saturated heterocycles. The molecule has 0 unspecified atom stereocenters. The van der Waals surface area contributed by atoms with Crippen molar-refractivity contribution in [2.24, 2.45) is 0 Å². The van der Waals surface area contributed by atoms with E-state index in [0.717, 1.165) is 0 Å². The molecule has 0 saturated carbocycles. The Morgan fingerprint density at radius 1 is 1.09 bits per heavy atom. The van der Waals surface area contributed by atoms with E-state index in [4.69, 9.17) is 5.11 Å². The van der Waals surface area contributed by atoms with Gasteiger partial charge in [0, 0.05) is 17.8 Å². The van der Waals surface area contributed by atoms with Crippen LogP contribution in [0.5, 0.6) is 0 Å². The lowest BCUT2D eigenvalue weighted by molar-refractivity contribution is -0.113. The highest BCUT2D eigenvalue weighted by Gasteiger charge is 2.20. The summed E-state index contributed by atoms with van der Waals surface area (Å²) in [6.45, 7) is 5.99. The average molecular weight is 466 g/mol. The SMILES string of the molecule is C=CCn1c(SCC(=O)Nc2ccc(C(=O)O)cc2)nnc1[C@H](C)NC(=O)c1ccccc1. The van der Waals surface area contributed by atoms with Crippen LogP contribution in [0, 0.1) is 0 Å². The van der Waals surface area contributed by atoms with Crippen LogP contribution >= 0.6 is 11.8 Å². The molecule has 0 fully saturated rings. The Morgan fingerprint density at radius 2 is 1.79 bits per heavy atom. The molecular formula is C23H23N5O4S. The van der Waals surface area contributed by atoms with Crippen molar-refractivity contribution < 1.29 is 19.5 Å². The number of carboxylic acid groups (broad SMARTS) is 1. The summed E-state index contributed by atoms with van der Waals surface area (Å²) in [5, 5.41) is 23.5. The Labute approximate surface area is 194 Å². The molecule has 10 heteroatoms. The number of allylic oxidation sites excluding steroid dienone is 1. The zero-order valence-corrected chi connectivity index (χ0v) is 18.7. The van der Waals surface area contributed by atoms with E-state index in [2.05, 4.69) is 27.4 Å². The van der Waals surface area contributed by atoms with Gasteiger partial charge in [-0.3, -0.25) is 9.59 Å². The summed E-state index contributed by atoms with van der Waals surface area (Å²) in [7, 11) is 0. The number of anilines is 1. The highest BCUT2D eigenvalue weighted by Crippen LogP contribution is 2.21. The molecule has 3 aromatic rings. The van der Waals surface area contributed by atoms with E-state index < -0.39 is 12.0 Å². The van der Waals surface area contributed by atoms with E-state index in [9.17, 15) is 14.4 Å². The van der Waals surface area contributed by atoms with Crippen molar-refractivity contribution in [1.82, 2.24) is 20.1 Å². The molecule has 2 aromatic carbocycles. The van der Waals surface area contributed by atoms with Gasteiger partial charge in [0.1, 0.15) is 0 Å². The fourth-order valence-electron chi connectivity index (χ4n) is 2.99. The predicted molar refractivity (Wildman–Crippen MR) is 125 cm³/mol. The van der Waals surface area contributed by atoms with E-state index in [0.29, 0.717) is 28.8 Å². The third-order valence-electron chi connectivity index (χ3n) is 4.58. The number of nitrogens with one attached hydrogen (secondary N) is 2. The molecule has 0 aliphatic rings. The number of benzene rings is 2. The van der Waals surface area contributed by atoms with Crippen LogP contribution in [-0.2, 0) is 11.3 Å². The molecule has 0 bridgehead atoms. The van der Waals surface area contributed by atoms with Gasteiger partial charge in [-0.15, -0.1) is 16.8 Å². The summed E-state index contributed by atoms with van der Waals surface area (Å²) in [6.07, 6.45) is 1.69. The first kappa shape index (κ1) is 23.7. The minimum atomic E-state index is -1.03. The molecule has 2 amide bonds. The quantitative estimate of drug-likeness (QED) is 0.309. The largest absolute Gasteiger partial charge is 0.478 e. The van der Waals surface area contributed by atoms with Crippen molar-refractivity contribution >= 4 is 35.2 Å². The maximum Gasteiger partial charge on any atom is 0.335 e. The van der Waals surface area contributed by atoms with Crippen LogP contribution in [0.3, 0.4) is 0 Å². The minimum absolute atomic E-state index is 0.0702. The second-order valence-corrected chi connectivity index (χ2v) is 7.96. The first-order chi connectivity index (χ1) is 15.9. The Bertz CT molecular complexity index is 1150. The van der Waals surface area contributed by atoms with Crippen LogP contribution in [0.2, 0.25) is 0 Å². The highest BCUT2D eigenvalue weighted by atomic mass is 32.2. The van der Waals surface area contributed by atoms with Crippen molar-refractivity contribution in [3.8, 4) is 0 Å². The summed E-state index contributed by atoms with van der Waals surface area (Å²) < 4.78 is 1.79. The van der Waals surface area contributed by atoms with Crippen molar-refractivity contribution in [1.29, 1.82) is 0 Å². The van der Waals surface area contributed by atoms with Gasteiger partial charge in [-0.25, -0.2) is 4.79 Å². The molecule has 0 aliphatic heterocycles. The number of hydrogen-bond acceptors (Lipinski definition) is 6. The van der Waals surface area contributed by atoms with Gasteiger partial charge in [0.2, 0.25) is 5.91 Å². The summed E-state index contributed by atoms with van der Waals surface area (Å²) in [5.41, 5.74) is 1.18. The smallest absolute Gasteiger partial charge is 0.335 e. The number of carbonyl (C=O) groups excluding carboxylic acids is 2. The number of aromatic nitrogens is 3. The predicted octanol–water partition coefficient (Wildman–Crippen LogP) is 3.38. The van der Waals surface area contributed by atoms with Gasteiger partial charge in [0.15, 0.2) is 11.0 Å². The van der Waals surface area contributed by atoms with Gasteiger partial charge in [-0.2, -0.15) is 0 Å². The fraction of sp³-hybridized carbons (Fsp3) is 0.174. The van der Waals surface area contributed by atoms with Gasteiger partial charge in [0.25, 0.3) is 5.91 Å². The molecule has 3 N–H and O–H groups in total. The number of amides is 2. The Morgan fingerprint density at radius 3 is 2.42 bits per heavy atom. The third kappa shape index (κ3) is 6.30. The zero-order valence-electron chi connectivity index (χ0n) is 17.9. The highest BCUT2D eigenvalue weighted by molar-refractivity contribution is 7.99. The average Bonchev–Trinajstić information content (AvgIpc) is 3.21. The van der Waals surface area contributed by atoms with Crippen LogP contribution < -0.4 is 10.6 Å². The van der Waals surface area contributed by atoms with E-state index in [-0.39, 0.29) is 23.1 Å². The standard InChI is InChI=1S/C23H23N5O4S/c1-3-13-28-20(15(2)24-21(30)16-7-5-4-6-8-16)26-27-23(28)33-14-19(29)25-18-11-9-17(10-12-18)22(31)32/h3-12,15H,1,13-14H2,2H3,(H,24,30)(H,25,29)(H,31,32)/t15-/m0/s1. The molecule has 3 rings (SSSR count). The van der Waals surface area contributed by atoms with Crippen LogP contribution in [-0.4, -0.2) is 43.4 Å². The number of aromatic carboxylic acids is 1. The van der Waals surface area contributed by atoms with Gasteiger partial charge < -0.3 is 20.3 Å². The lowest BCUT2D eigenvalue weighted by atomic mass is 10.2. The first-order valence-electron chi connectivity index (χ1n) is 10.0. The van der Waals surface area contributed by atoms with Crippen LogP contribution in [0.25, 0.3) is 0 Å². The zero-order chi connectivity index (χ0) is 23.8. The summed E-state index contributed by atoms with van der Waals surface area (Å²) >= 11 is 1.20. The number of nitrogens with zero attached hydrogens (tertiary/aromatic N) is 3. The first-order valence-corrected chi connectivity index (χ1v) is 11.0. The summed E-state index contributed by atoms with van der Waals surface area (Å²) in [4.78, 5) is 35.7. The van der Waals surface area contributed by atoms with Crippen LogP contribution in [0.1, 0.15) is 39.5 Å². The topological polar surface area (TPSA) is 126 Å². The minimum Gasteiger partial charge on any atom is -0.478 e. The molecular weight excluding hydrogens is 442 g/mol. The van der Waals surface area contributed by atoms with E-state index in [1.165, 1.54) is 36.0 Å². The molecule has 1 atom stereocenters. The van der Waals surface area contributed by atoms with Crippen molar-refractivity contribution in [3.63, 3.8) is 0 Å². The van der Waals surface area contributed by atoms with Crippen molar-refractivity contribution in [2.75, 3.05) is 11.1 Å². The van der Waals surface area contributed by atoms with Gasteiger partial charge in [0.05, 0.1) is 17.4 Å². The second kappa shape index (κ2) is 11.1. The molecule has 1 aromatic heterocycles. The maximum atomic E-state index is 12.5. The lowest BCUT2D eigenvalue weighted by Gasteiger charge is -2.15. The number of carboxylic acids is 1. The van der Waals surface area contributed by atoms with E-state index in [1.807, 2.05) is 13.0 Å². The van der Waals surface area contributed by atoms with Crippen LogP contribution in [0.15, 0.2) is 72.4 Å². The molecule has 0 radical (unpaired) electrons. The lowest BCUT2D eigenvalue weighted by Crippen LogP contribution is -2.28. The fourth-order valence-corrected chi connectivity index (χ4v) is 3.74. The second-order valence-electron chi connectivity index (χ2n) is 7.02. The number of carbonyl (C=O) groups is 3. The Hall–Kier alpha value is -3.92. The third-order valence-corrected chi connectivity index (χ3v) is 5.54. The van der Waals surface area contributed by atoms with E-state index >= 15 is 0 Å². The number of hydrogen-bond donors (Lipinski definition) is 3. The molecule has 0 aliphatic carbocycles. The molecule has 170 valence electrons. The summed E-state index contributed by atoms with van der Waals surface area (Å²) in [5.74, 6) is -0.913. The molecule has 33 heavy (non-hydrogen) atoms. The molecule has 9 nitrogen and oxygen atoms in total. The monoisotopic (exact) mass is 465 g/mol. The van der Waals surface area contributed by atoms with Crippen LogP contribution in [0.4, 0.5) is 5.69 Å². The Kier molecular flexibility index (Phi) is 7.98. The van der Waals surface area contributed by atoms with E-state index in [1.54, 1.807) is 34.9 Å². The normalized spacial score (nSPS) is 11.4. The molecule has 1 heterocycles. The number of rotatable bonds is 10.